The molecule has 0 unspecified atom stereocenters. The minimum Gasteiger partial charge on any atom is -0.473 e. The molecule has 2 fully saturated rings. The van der Waals surface area contributed by atoms with Gasteiger partial charge in [0.1, 0.15) is 18.6 Å². The van der Waals surface area contributed by atoms with Gasteiger partial charge in [-0.1, -0.05) is 45.0 Å². The van der Waals surface area contributed by atoms with Gasteiger partial charge in [-0.05, 0) is 62.2 Å². The number of hydrogen-bond donors (Lipinski definition) is 1. The molecule has 2 amide bonds. The van der Waals surface area contributed by atoms with E-state index < -0.39 is 0 Å². The van der Waals surface area contributed by atoms with Gasteiger partial charge < -0.3 is 19.9 Å². The van der Waals surface area contributed by atoms with Crippen LogP contribution in [0.15, 0.2) is 30.6 Å². The second kappa shape index (κ2) is 11.6. The van der Waals surface area contributed by atoms with E-state index in [1.54, 1.807) is 7.05 Å². The molecule has 0 radical (unpaired) electrons. The van der Waals surface area contributed by atoms with Crippen LogP contribution in [-0.2, 0) is 16.8 Å². The van der Waals surface area contributed by atoms with E-state index >= 15 is 0 Å². The third kappa shape index (κ3) is 6.47. The zero-order valence-electron chi connectivity index (χ0n) is 22.9. The first-order valence-corrected chi connectivity index (χ1v) is 13.5. The Balaban J connectivity index is 1.31. The number of hydrogen-bond acceptors (Lipinski definition) is 6. The largest absolute Gasteiger partial charge is 0.473 e. The Bertz CT molecular complexity index is 1080. The number of aromatic nitrogens is 2. The summed E-state index contributed by atoms with van der Waals surface area (Å²) in [5.74, 6) is 0.674. The Morgan fingerprint density at radius 1 is 1.00 bits per heavy atom. The number of amides is 2. The van der Waals surface area contributed by atoms with Crippen LogP contribution in [0.5, 0.6) is 5.88 Å². The second-order valence-corrected chi connectivity index (χ2v) is 11.3. The number of piperidine rings is 2. The molecule has 1 N–H and O–H groups in total. The molecule has 1 aromatic heterocycles. The highest BCUT2D eigenvalue weighted by molar-refractivity contribution is 5.94. The van der Waals surface area contributed by atoms with E-state index in [1.807, 2.05) is 11.8 Å². The van der Waals surface area contributed by atoms with Crippen molar-refractivity contribution in [2.75, 3.05) is 33.2 Å². The quantitative estimate of drug-likeness (QED) is 0.641. The Morgan fingerprint density at radius 2 is 1.65 bits per heavy atom. The minimum absolute atomic E-state index is 0.0592. The van der Waals surface area contributed by atoms with E-state index in [0.29, 0.717) is 42.9 Å². The highest BCUT2D eigenvalue weighted by Gasteiger charge is 2.32. The fourth-order valence-electron chi connectivity index (χ4n) is 5.36. The summed E-state index contributed by atoms with van der Waals surface area (Å²) in [5, 5.41) is 2.77. The van der Waals surface area contributed by atoms with E-state index in [1.165, 1.54) is 11.9 Å². The molecule has 3 heterocycles. The fourth-order valence-corrected chi connectivity index (χ4v) is 5.36. The van der Waals surface area contributed by atoms with Crippen LogP contribution in [0.25, 0.3) is 0 Å². The molecule has 8 nitrogen and oxygen atoms in total. The number of nitrogens with zero attached hydrogens (tertiary/aromatic N) is 4. The van der Waals surface area contributed by atoms with Crippen molar-refractivity contribution in [2.45, 2.75) is 71.4 Å². The van der Waals surface area contributed by atoms with Crippen molar-refractivity contribution in [3.05, 3.63) is 53.0 Å². The predicted octanol–water partition coefficient (Wildman–Crippen LogP) is 3.72. The second-order valence-electron chi connectivity index (χ2n) is 11.3. The van der Waals surface area contributed by atoms with Crippen LogP contribution < -0.4 is 10.1 Å². The molecule has 4 rings (SSSR count). The van der Waals surface area contributed by atoms with Gasteiger partial charge >= 0.3 is 0 Å². The van der Waals surface area contributed by atoms with Crippen molar-refractivity contribution in [3.63, 3.8) is 0 Å². The maximum atomic E-state index is 13.3. The van der Waals surface area contributed by atoms with Gasteiger partial charge in [0, 0.05) is 37.7 Å². The van der Waals surface area contributed by atoms with E-state index in [2.05, 4.69) is 65.2 Å². The van der Waals surface area contributed by atoms with Gasteiger partial charge in [-0.3, -0.25) is 9.59 Å². The molecule has 200 valence electrons. The number of ether oxygens (including phenoxy) is 1. The van der Waals surface area contributed by atoms with Crippen molar-refractivity contribution in [3.8, 4) is 5.88 Å². The fraction of sp³-hybridized carbons (Fsp3) is 0.586. The molecule has 1 aromatic carbocycles. The molecule has 0 spiro atoms. The molecule has 2 aromatic rings. The van der Waals surface area contributed by atoms with Gasteiger partial charge in [-0.25, -0.2) is 9.97 Å². The lowest BCUT2D eigenvalue weighted by atomic mass is 9.87. The SMILES string of the molecule is CNC(=O)C1CCN(C2CCN(C(=O)c3ncnc(OCc4ccc(C(C)(C)C)cc4)c3C)CC2)CC1. The van der Waals surface area contributed by atoms with E-state index in [9.17, 15) is 9.59 Å². The third-order valence-corrected chi connectivity index (χ3v) is 7.85. The van der Waals surface area contributed by atoms with Crippen molar-refractivity contribution < 1.29 is 14.3 Å². The van der Waals surface area contributed by atoms with Gasteiger partial charge in [-0.2, -0.15) is 0 Å². The number of nitrogens with one attached hydrogen (secondary N) is 1. The Morgan fingerprint density at radius 3 is 2.24 bits per heavy atom. The molecule has 0 saturated carbocycles. The topological polar surface area (TPSA) is 87.7 Å². The Kier molecular flexibility index (Phi) is 8.47. The summed E-state index contributed by atoms with van der Waals surface area (Å²) < 4.78 is 6.00. The highest BCUT2D eigenvalue weighted by Crippen LogP contribution is 2.26. The van der Waals surface area contributed by atoms with Crippen LogP contribution in [-0.4, -0.2) is 70.9 Å². The van der Waals surface area contributed by atoms with Crippen molar-refractivity contribution >= 4 is 11.8 Å². The average molecular weight is 508 g/mol. The summed E-state index contributed by atoms with van der Waals surface area (Å²) >= 11 is 0. The van der Waals surface area contributed by atoms with Gasteiger partial charge in [0.25, 0.3) is 5.91 Å². The van der Waals surface area contributed by atoms with Gasteiger partial charge in [0.15, 0.2) is 0 Å². The predicted molar refractivity (Wildman–Crippen MR) is 144 cm³/mol. The van der Waals surface area contributed by atoms with E-state index in [-0.39, 0.29) is 23.1 Å². The molecule has 0 aliphatic carbocycles. The first kappa shape index (κ1) is 27.0. The number of carbonyl (C=O) groups is 2. The van der Waals surface area contributed by atoms with Crippen molar-refractivity contribution in [2.24, 2.45) is 5.92 Å². The number of likely N-dealkylation sites (tertiary alicyclic amines) is 2. The molecule has 0 bridgehead atoms. The van der Waals surface area contributed by atoms with Crippen molar-refractivity contribution in [1.82, 2.24) is 25.1 Å². The molecular weight excluding hydrogens is 466 g/mol. The summed E-state index contributed by atoms with van der Waals surface area (Å²) in [6.45, 7) is 12.1. The standard InChI is InChI=1S/C29H41N5O3/c1-20-25(31-19-32-27(20)37-18-21-6-8-23(9-7-21)29(2,3)4)28(36)34-16-12-24(13-17-34)33-14-10-22(11-15-33)26(35)30-5/h6-9,19,22,24H,10-18H2,1-5H3,(H,30,35). The van der Waals surface area contributed by atoms with Crippen LogP contribution in [0.3, 0.4) is 0 Å². The van der Waals surface area contributed by atoms with E-state index in [4.69, 9.17) is 4.74 Å². The first-order valence-electron chi connectivity index (χ1n) is 13.5. The molecule has 2 aliphatic heterocycles. The Labute approximate surface area is 220 Å². The molecule has 0 atom stereocenters. The lowest BCUT2D eigenvalue weighted by molar-refractivity contribution is -0.126. The summed E-state index contributed by atoms with van der Waals surface area (Å²) in [7, 11) is 1.71. The summed E-state index contributed by atoms with van der Waals surface area (Å²) in [6.07, 6.45) is 5.11. The van der Waals surface area contributed by atoms with Gasteiger partial charge in [-0.15, -0.1) is 0 Å². The van der Waals surface area contributed by atoms with Crippen LogP contribution >= 0.6 is 0 Å². The van der Waals surface area contributed by atoms with Crippen LogP contribution in [0, 0.1) is 12.8 Å². The van der Waals surface area contributed by atoms with Gasteiger partial charge in [0.05, 0.1) is 0 Å². The zero-order valence-corrected chi connectivity index (χ0v) is 22.9. The summed E-state index contributed by atoms with van der Waals surface area (Å²) in [4.78, 5) is 38.3. The maximum Gasteiger partial charge on any atom is 0.272 e. The van der Waals surface area contributed by atoms with Crippen LogP contribution in [0.2, 0.25) is 0 Å². The summed E-state index contributed by atoms with van der Waals surface area (Å²) in [5.41, 5.74) is 3.53. The lowest BCUT2D eigenvalue weighted by Crippen LogP contribution is -2.50. The lowest BCUT2D eigenvalue weighted by Gasteiger charge is -2.41. The minimum atomic E-state index is -0.0592. The molecule has 37 heavy (non-hydrogen) atoms. The summed E-state index contributed by atoms with van der Waals surface area (Å²) in [6, 6.07) is 8.88. The van der Waals surface area contributed by atoms with Crippen molar-refractivity contribution in [1.29, 1.82) is 0 Å². The molecular formula is C29H41N5O3. The number of rotatable bonds is 6. The average Bonchev–Trinajstić information content (AvgIpc) is 2.91. The normalized spacial score (nSPS) is 18.0. The van der Waals surface area contributed by atoms with Crippen LogP contribution in [0.4, 0.5) is 0 Å². The molecule has 2 aliphatic rings. The van der Waals surface area contributed by atoms with E-state index in [0.717, 1.165) is 44.3 Å². The van der Waals surface area contributed by atoms with Gasteiger partial charge in [0.2, 0.25) is 11.8 Å². The smallest absolute Gasteiger partial charge is 0.272 e. The maximum absolute atomic E-state index is 13.3. The van der Waals surface area contributed by atoms with Crippen LogP contribution in [0.1, 0.15) is 73.6 Å². The number of carbonyl (C=O) groups excluding carboxylic acids is 2. The first-order chi connectivity index (χ1) is 17.7. The number of benzene rings is 1. The highest BCUT2D eigenvalue weighted by atomic mass is 16.5. The molecule has 8 heteroatoms. The Hall–Kier alpha value is -3.00. The zero-order chi connectivity index (χ0) is 26.6. The molecule has 2 saturated heterocycles. The monoisotopic (exact) mass is 507 g/mol. The third-order valence-electron chi connectivity index (χ3n) is 7.85.